The van der Waals surface area contributed by atoms with Crippen LogP contribution in [0.3, 0.4) is 0 Å². The molecule has 6 nitrogen and oxygen atoms in total. The van der Waals surface area contributed by atoms with Gasteiger partial charge in [0.05, 0.1) is 6.04 Å². The summed E-state index contributed by atoms with van der Waals surface area (Å²) in [5.74, 6) is 0.957. The van der Waals surface area contributed by atoms with E-state index in [1.54, 1.807) is 4.68 Å². The molecular weight excluding hydrogens is 182 g/mol. The predicted octanol–water partition coefficient (Wildman–Crippen LogP) is 0.243. The molecule has 0 amide bonds. The van der Waals surface area contributed by atoms with Gasteiger partial charge in [0.15, 0.2) is 0 Å². The number of nitrogen functional groups attached to an aromatic ring is 1. The fourth-order valence-electron chi connectivity index (χ4n) is 1.89. The molecule has 6 heteroatoms. The van der Waals surface area contributed by atoms with Crippen LogP contribution < -0.4 is 5.73 Å². The smallest absolute Gasteiger partial charge is 0.240 e. The normalized spacial score (nSPS) is 20.9. The van der Waals surface area contributed by atoms with E-state index in [2.05, 4.69) is 22.4 Å². The Morgan fingerprint density at radius 1 is 1.50 bits per heavy atom. The minimum absolute atomic E-state index is 0.258. The molecule has 1 aromatic rings. The zero-order chi connectivity index (χ0) is 9.97. The molecule has 2 rings (SSSR count). The van der Waals surface area contributed by atoms with Gasteiger partial charge in [-0.05, 0) is 36.1 Å². The summed E-state index contributed by atoms with van der Waals surface area (Å²) in [5.41, 5.74) is 5.64. The lowest BCUT2D eigenvalue weighted by molar-refractivity contribution is 0.0496. The quantitative estimate of drug-likeness (QED) is 0.734. The summed E-state index contributed by atoms with van der Waals surface area (Å²) >= 11 is 0. The van der Waals surface area contributed by atoms with Crippen molar-refractivity contribution in [3.05, 3.63) is 0 Å². The third kappa shape index (κ3) is 1.70. The van der Waals surface area contributed by atoms with E-state index in [0.29, 0.717) is 11.9 Å². The summed E-state index contributed by atoms with van der Waals surface area (Å²) in [6.07, 6.45) is 2.11. The maximum atomic E-state index is 5.64. The first kappa shape index (κ1) is 9.39. The molecule has 78 valence electrons. The van der Waals surface area contributed by atoms with E-state index in [1.165, 1.54) is 0 Å². The monoisotopic (exact) mass is 197 g/mol. The van der Waals surface area contributed by atoms with Crippen molar-refractivity contribution in [3.63, 3.8) is 0 Å². The highest BCUT2D eigenvalue weighted by atomic mass is 16.5. The Bertz CT molecular complexity index is 294. The van der Waals surface area contributed by atoms with Gasteiger partial charge in [0, 0.05) is 13.2 Å². The molecule has 2 heterocycles. The molecule has 0 spiro atoms. The molecule has 0 aromatic carbocycles. The SMILES string of the molecule is CC(C1CCOCC1)n1nnnc1N. The molecule has 1 aliphatic rings. The van der Waals surface area contributed by atoms with Crippen LogP contribution in [-0.4, -0.2) is 33.4 Å². The second-order valence-corrected chi connectivity index (χ2v) is 3.67. The lowest BCUT2D eigenvalue weighted by Crippen LogP contribution is -2.25. The van der Waals surface area contributed by atoms with Crippen molar-refractivity contribution < 1.29 is 4.74 Å². The maximum Gasteiger partial charge on any atom is 0.240 e. The van der Waals surface area contributed by atoms with E-state index in [4.69, 9.17) is 10.5 Å². The number of hydrogen-bond donors (Lipinski definition) is 1. The number of anilines is 1. The minimum atomic E-state index is 0.258. The Morgan fingerprint density at radius 2 is 2.21 bits per heavy atom. The van der Waals surface area contributed by atoms with Gasteiger partial charge in [-0.2, -0.15) is 0 Å². The number of nitrogens with two attached hydrogens (primary N) is 1. The van der Waals surface area contributed by atoms with Crippen LogP contribution in [-0.2, 0) is 4.74 Å². The van der Waals surface area contributed by atoms with Crippen LogP contribution in [0.2, 0.25) is 0 Å². The predicted molar refractivity (Wildman–Crippen MR) is 50.5 cm³/mol. The van der Waals surface area contributed by atoms with Gasteiger partial charge >= 0.3 is 0 Å². The van der Waals surface area contributed by atoms with Gasteiger partial charge in [-0.1, -0.05) is 5.10 Å². The van der Waals surface area contributed by atoms with Crippen molar-refractivity contribution in [3.8, 4) is 0 Å². The molecule has 0 aliphatic carbocycles. The molecule has 1 aromatic heterocycles. The van der Waals surface area contributed by atoms with Crippen LogP contribution in [0.5, 0.6) is 0 Å². The topological polar surface area (TPSA) is 78.8 Å². The van der Waals surface area contributed by atoms with Gasteiger partial charge in [0.1, 0.15) is 0 Å². The number of rotatable bonds is 2. The lowest BCUT2D eigenvalue weighted by atomic mass is 9.93. The average molecular weight is 197 g/mol. The third-order valence-electron chi connectivity index (χ3n) is 2.85. The highest BCUT2D eigenvalue weighted by molar-refractivity contribution is 5.11. The molecule has 0 radical (unpaired) electrons. The first-order valence-electron chi connectivity index (χ1n) is 4.90. The van der Waals surface area contributed by atoms with E-state index in [0.717, 1.165) is 26.1 Å². The average Bonchev–Trinajstić information content (AvgIpc) is 2.65. The number of nitrogens with zero attached hydrogens (tertiary/aromatic N) is 4. The van der Waals surface area contributed by atoms with Crippen LogP contribution >= 0.6 is 0 Å². The highest BCUT2D eigenvalue weighted by Gasteiger charge is 2.23. The van der Waals surface area contributed by atoms with E-state index in [-0.39, 0.29) is 6.04 Å². The number of ether oxygens (including phenoxy) is 1. The fraction of sp³-hybridized carbons (Fsp3) is 0.875. The van der Waals surface area contributed by atoms with Gasteiger partial charge in [-0.15, -0.1) is 0 Å². The first-order chi connectivity index (χ1) is 6.79. The summed E-state index contributed by atoms with van der Waals surface area (Å²) in [6, 6.07) is 0.258. The summed E-state index contributed by atoms with van der Waals surface area (Å²) in [4.78, 5) is 0. The summed E-state index contributed by atoms with van der Waals surface area (Å²) < 4.78 is 7.00. The van der Waals surface area contributed by atoms with Crippen molar-refractivity contribution in [2.45, 2.75) is 25.8 Å². The Balaban J connectivity index is 2.07. The molecule has 1 saturated heterocycles. The zero-order valence-electron chi connectivity index (χ0n) is 8.26. The zero-order valence-corrected chi connectivity index (χ0v) is 8.26. The molecule has 0 bridgehead atoms. The van der Waals surface area contributed by atoms with Gasteiger partial charge in [0.2, 0.25) is 5.95 Å². The van der Waals surface area contributed by atoms with E-state index in [9.17, 15) is 0 Å². The third-order valence-corrected chi connectivity index (χ3v) is 2.85. The van der Waals surface area contributed by atoms with Gasteiger partial charge in [-0.3, -0.25) is 0 Å². The summed E-state index contributed by atoms with van der Waals surface area (Å²) in [5, 5.41) is 11.1. The Kier molecular flexibility index (Phi) is 2.62. The number of tetrazole rings is 1. The second-order valence-electron chi connectivity index (χ2n) is 3.67. The van der Waals surface area contributed by atoms with E-state index in [1.807, 2.05) is 0 Å². The van der Waals surface area contributed by atoms with Crippen molar-refractivity contribution in [1.82, 2.24) is 20.2 Å². The molecule has 1 aliphatic heterocycles. The Labute approximate surface area is 82.4 Å². The van der Waals surface area contributed by atoms with Crippen LogP contribution in [0.15, 0.2) is 0 Å². The largest absolute Gasteiger partial charge is 0.381 e. The van der Waals surface area contributed by atoms with Crippen LogP contribution in [0.4, 0.5) is 5.95 Å². The minimum Gasteiger partial charge on any atom is -0.381 e. The van der Waals surface area contributed by atoms with Crippen LogP contribution in [0.1, 0.15) is 25.8 Å². The molecule has 1 fully saturated rings. The van der Waals surface area contributed by atoms with E-state index >= 15 is 0 Å². The van der Waals surface area contributed by atoms with Crippen LogP contribution in [0, 0.1) is 5.92 Å². The van der Waals surface area contributed by atoms with Gasteiger partial charge in [0.25, 0.3) is 0 Å². The highest BCUT2D eigenvalue weighted by Crippen LogP contribution is 2.27. The van der Waals surface area contributed by atoms with Gasteiger partial charge < -0.3 is 10.5 Å². The molecule has 1 unspecified atom stereocenters. The van der Waals surface area contributed by atoms with Crippen molar-refractivity contribution in [2.75, 3.05) is 18.9 Å². The Hall–Kier alpha value is -1.17. The molecular formula is C8H15N5O. The summed E-state index contributed by atoms with van der Waals surface area (Å²) in [6.45, 7) is 3.76. The molecule has 0 saturated carbocycles. The molecule has 1 atom stereocenters. The standard InChI is InChI=1S/C8H15N5O/c1-6(7-2-4-14-5-3-7)13-8(9)10-11-12-13/h6-7H,2-5H2,1H3,(H2,9,10,12). The van der Waals surface area contributed by atoms with Crippen molar-refractivity contribution >= 4 is 5.95 Å². The van der Waals surface area contributed by atoms with Crippen molar-refractivity contribution in [2.24, 2.45) is 5.92 Å². The van der Waals surface area contributed by atoms with E-state index < -0.39 is 0 Å². The molecule has 2 N–H and O–H groups in total. The Morgan fingerprint density at radius 3 is 2.79 bits per heavy atom. The number of hydrogen-bond acceptors (Lipinski definition) is 5. The molecule has 14 heavy (non-hydrogen) atoms. The fourth-order valence-corrected chi connectivity index (χ4v) is 1.89. The van der Waals surface area contributed by atoms with Gasteiger partial charge in [-0.25, -0.2) is 4.68 Å². The second kappa shape index (κ2) is 3.91. The van der Waals surface area contributed by atoms with Crippen molar-refractivity contribution in [1.29, 1.82) is 0 Å². The number of aromatic nitrogens is 4. The summed E-state index contributed by atoms with van der Waals surface area (Å²) in [7, 11) is 0. The van der Waals surface area contributed by atoms with Crippen LogP contribution in [0.25, 0.3) is 0 Å². The lowest BCUT2D eigenvalue weighted by Gasteiger charge is -2.27. The first-order valence-corrected chi connectivity index (χ1v) is 4.90. The maximum absolute atomic E-state index is 5.64.